The molecule has 1 N–H and O–H groups in total. The Kier molecular flexibility index (Phi) is 4.37. The molecule has 82 valence electrons. The van der Waals surface area contributed by atoms with Crippen molar-refractivity contribution in [3.8, 4) is 0 Å². The summed E-state index contributed by atoms with van der Waals surface area (Å²) in [6, 6.07) is 0. The van der Waals surface area contributed by atoms with Gasteiger partial charge in [-0.3, -0.25) is 0 Å². The summed E-state index contributed by atoms with van der Waals surface area (Å²) in [5.74, 6) is -1.01. The molecule has 0 amide bonds. The molecule has 0 atom stereocenters. The Morgan fingerprint density at radius 1 is 1.00 bits per heavy atom. The second-order valence-corrected chi connectivity index (χ2v) is 4.64. The standard InChI is InChI=1S/C8H7I2NO4/c1-14-7(12)5-3(9)4(10)6(11-5)8(13)15-2/h11H,1-2H3. The summed E-state index contributed by atoms with van der Waals surface area (Å²) < 4.78 is 10.4. The summed E-state index contributed by atoms with van der Waals surface area (Å²) in [5, 5.41) is 0. The number of methoxy groups -OCH3 is 2. The van der Waals surface area contributed by atoms with Gasteiger partial charge in [0.15, 0.2) is 0 Å². The van der Waals surface area contributed by atoms with Gasteiger partial charge in [-0.15, -0.1) is 0 Å². The topological polar surface area (TPSA) is 68.4 Å². The van der Waals surface area contributed by atoms with Crippen molar-refractivity contribution in [2.75, 3.05) is 14.2 Å². The van der Waals surface area contributed by atoms with Crippen LogP contribution in [-0.2, 0) is 9.47 Å². The van der Waals surface area contributed by atoms with E-state index in [-0.39, 0.29) is 11.4 Å². The number of hydrogen-bond donors (Lipinski definition) is 1. The number of aromatic amines is 1. The molecule has 1 aromatic heterocycles. The molecule has 1 rings (SSSR count). The number of ether oxygens (including phenoxy) is 2. The van der Waals surface area contributed by atoms with Gasteiger partial charge < -0.3 is 14.5 Å². The SMILES string of the molecule is COC(=O)c1[nH]c(C(=O)OC)c(I)c1I. The molecule has 5 nitrogen and oxygen atoms in total. The third-order valence-corrected chi connectivity index (χ3v) is 4.85. The van der Waals surface area contributed by atoms with Crippen molar-refractivity contribution in [1.82, 2.24) is 4.98 Å². The minimum Gasteiger partial charge on any atom is -0.464 e. The average molecular weight is 435 g/mol. The molecule has 0 aliphatic carbocycles. The van der Waals surface area contributed by atoms with E-state index in [1.165, 1.54) is 14.2 Å². The van der Waals surface area contributed by atoms with Crippen molar-refractivity contribution in [1.29, 1.82) is 0 Å². The molecule has 0 bridgehead atoms. The molecule has 0 radical (unpaired) electrons. The maximum absolute atomic E-state index is 11.3. The maximum Gasteiger partial charge on any atom is 0.355 e. The smallest absolute Gasteiger partial charge is 0.355 e. The van der Waals surface area contributed by atoms with Gasteiger partial charge in [0, 0.05) is 0 Å². The summed E-state index contributed by atoms with van der Waals surface area (Å²) in [6.45, 7) is 0. The third-order valence-electron chi connectivity index (χ3n) is 1.66. The molecule has 0 aromatic carbocycles. The predicted molar refractivity (Wildman–Crippen MR) is 68.9 cm³/mol. The lowest BCUT2D eigenvalue weighted by Crippen LogP contribution is -2.06. The number of rotatable bonds is 2. The zero-order valence-electron chi connectivity index (χ0n) is 7.89. The number of carbonyl (C=O) groups is 2. The van der Waals surface area contributed by atoms with Crippen molar-refractivity contribution in [2.45, 2.75) is 0 Å². The molecule has 1 heterocycles. The Bertz CT molecular complexity index is 377. The fraction of sp³-hybridized carbons (Fsp3) is 0.250. The van der Waals surface area contributed by atoms with Crippen molar-refractivity contribution >= 4 is 57.1 Å². The Morgan fingerprint density at radius 3 is 1.60 bits per heavy atom. The van der Waals surface area contributed by atoms with Crippen molar-refractivity contribution < 1.29 is 19.1 Å². The molecule has 0 saturated carbocycles. The molecular weight excluding hydrogens is 428 g/mol. The van der Waals surface area contributed by atoms with Crippen LogP contribution in [0.4, 0.5) is 0 Å². The van der Waals surface area contributed by atoms with Gasteiger partial charge in [-0.2, -0.15) is 0 Å². The molecule has 0 fully saturated rings. The molecule has 7 heteroatoms. The highest BCUT2D eigenvalue weighted by molar-refractivity contribution is 14.1. The van der Waals surface area contributed by atoms with Gasteiger partial charge in [0.1, 0.15) is 11.4 Å². The first-order chi connectivity index (χ1) is 7.02. The highest BCUT2D eigenvalue weighted by Crippen LogP contribution is 2.24. The van der Waals surface area contributed by atoms with E-state index in [1.54, 1.807) is 0 Å². The number of carbonyl (C=O) groups excluding carboxylic acids is 2. The number of aromatic nitrogens is 1. The maximum atomic E-state index is 11.3. The van der Waals surface area contributed by atoms with Gasteiger partial charge in [-0.05, 0) is 45.2 Å². The summed E-state index contributed by atoms with van der Waals surface area (Å²) in [4.78, 5) is 25.3. The quantitative estimate of drug-likeness (QED) is 0.569. The lowest BCUT2D eigenvalue weighted by Gasteiger charge is -1.95. The van der Waals surface area contributed by atoms with E-state index in [0.29, 0.717) is 7.14 Å². The number of hydrogen-bond acceptors (Lipinski definition) is 4. The fourth-order valence-corrected chi connectivity index (χ4v) is 2.19. The molecule has 0 saturated heterocycles. The number of esters is 2. The van der Waals surface area contributed by atoms with Crippen LogP contribution in [-0.4, -0.2) is 31.1 Å². The first-order valence-corrected chi connectivity index (χ1v) is 5.92. The minimum atomic E-state index is -0.507. The van der Waals surface area contributed by atoms with E-state index in [9.17, 15) is 9.59 Å². The minimum absolute atomic E-state index is 0.267. The van der Waals surface area contributed by atoms with Gasteiger partial charge in [-0.1, -0.05) is 0 Å². The second-order valence-electron chi connectivity index (χ2n) is 2.49. The van der Waals surface area contributed by atoms with E-state index >= 15 is 0 Å². The number of H-pyrrole nitrogens is 1. The van der Waals surface area contributed by atoms with Crippen LogP contribution >= 0.6 is 45.2 Å². The molecule has 15 heavy (non-hydrogen) atoms. The van der Waals surface area contributed by atoms with Crippen molar-refractivity contribution in [3.63, 3.8) is 0 Å². The van der Waals surface area contributed by atoms with Crippen molar-refractivity contribution in [2.24, 2.45) is 0 Å². The largest absolute Gasteiger partial charge is 0.464 e. The highest BCUT2D eigenvalue weighted by Gasteiger charge is 2.23. The summed E-state index contributed by atoms with van der Waals surface area (Å²) in [6.07, 6.45) is 0. The molecular formula is C8H7I2NO4. The predicted octanol–water partition coefficient (Wildman–Crippen LogP) is 1.80. The van der Waals surface area contributed by atoms with Crippen molar-refractivity contribution in [3.05, 3.63) is 18.5 Å². The zero-order chi connectivity index (χ0) is 11.6. The van der Waals surface area contributed by atoms with E-state index in [2.05, 4.69) is 14.5 Å². The Labute approximate surface area is 113 Å². The Hall–Kier alpha value is -0.320. The van der Waals surface area contributed by atoms with E-state index in [4.69, 9.17) is 0 Å². The van der Waals surface area contributed by atoms with Crippen LogP contribution in [0.25, 0.3) is 0 Å². The molecule has 0 spiro atoms. The summed E-state index contributed by atoms with van der Waals surface area (Å²) in [7, 11) is 2.56. The van der Waals surface area contributed by atoms with E-state index in [0.717, 1.165) is 0 Å². The van der Waals surface area contributed by atoms with Crippen LogP contribution in [0.1, 0.15) is 21.0 Å². The second kappa shape index (κ2) is 5.14. The van der Waals surface area contributed by atoms with Gasteiger partial charge >= 0.3 is 11.9 Å². The number of nitrogens with one attached hydrogen (secondary N) is 1. The molecule has 1 aromatic rings. The third kappa shape index (κ3) is 2.44. The van der Waals surface area contributed by atoms with Crippen LogP contribution in [0.5, 0.6) is 0 Å². The Balaban J connectivity index is 3.24. The highest BCUT2D eigenvalue weighted by atomic mass is 127. The monoisotopic (exact) mass is 435 g/mol. The molecule has 0 aliphatic heterocycles. The summed E-state index contributed by atoms with van der Waals surface area (Å²) in [5.41, 5.74) is 0.533. The van der Waals surface area contributed by atoms with E-state index < -0.39 is 11.9 Å². The number of halogens is 2. The Morgan fingerprint density at radius 2 is 1.33 bits per heavy atom. The lowest BCUT2D eigenvalue weighted by atomic mass is 10.4. The van der Waals surface area contributed by atoms with Gasteiger partial charge in [0.2, 0.25) is 0 Å². The fourth-order valence-electron chi connectivity index (χ4n) is 0.940. The zero-order valence-corrected chi connectivity index (χ0v) is 12.2. The van der Waals surface area contributed by atoms with Gasteiger partial charge in [0.05, 0.1) is 21.4 Å². The van der Waals surface area contributed by atoms with Crippen LogP contribution in [0.15, 0.2) is 0 Å². The lowest BCUT2D eigenvalue weighted by molar-refractivity contribution is 0.0589. The van der Waals surface area contributed by atoms with E-state index in [1.807, 2.05) is 45.2 Å². The normalized spacial score (nSPS) is 9.87. The first kappa shape index (κ1) is 12.7. The van der Waals surface area contributed by atoms with Gasteiger partial charge in [-0.25, -0.2) is 9.59 Å². The van der Waals surface area contributed by atoms with Gasteiger partial charge in [0.25, 0.3) is 0 Å². The molecule has 0 aliphatic rings. The molecule has 0 unspecified atom stereocenters. The first-order valence-electron chi connectivity index (χ1n) is 3.76. The van der Waals surface area contributed by atoms with Crippen LogP contribution in [0.3, 0.4) is 0 Å². The van der Waals surface area contributed by atoms with Crippen LogP contribution in [0, 0.1) is 7.14 Å². The summed E-state index contributed by atoms with van der Waals surface area (Å²) >= 11 is 3.93. The van der Waals surface area contributed by atoms with Crippen LogP contribution < -0.4 is 0 Å². The average Bonchev–Trinajstić information content (AvgIpc) is 2.54. The van der Waals surface area contributed by atoms with Crippen LogP contribution in [0.2, 0.25) is 0 Å².